The van der Waals surface area contributed by atoms with Gasteiger partial charge in [0.25, 0.3) is 0 Å². The Morgan fingerprint density at radius 2 is 1.71 bits per heavy atom. The molecule has 2 aromatic carbocycles. The maximum absolute atomic E-state index is 6.29. The second-order valence-electron chi connectivity index (χ2n) is 4.72. The molecule has 0 saturated carbocycles. The van der Waals surface area contributed by atoms with Crippen molar-refractivity contribution in [1.29, 1.82) is 0 Å². The molecular weight excluding hydrogens is 439 g/mol. The van der Waals surface area contributed by atoms with Crippen LogP contribution in [0.2, 0.25) is 15.1 Å². The Bertz CT molecular complexity index is 631. The molecule has 112 valence electrons. The molecule has 0 aliphatic carbocycles. The van der Waals surface area contributed by atoms with Crippen molar-refractivity contribution in [2.75, 3.05) is 6.54 Å². The fourth-order valence-corrected chi connectivity index (χ4v) is 3.60. The lowest BCUT2D eigenvalue weighted by molar-refractivity contribution is 0.548. The smallest absolute Gasteiger partial charge is 0.0453 e. The van der Waals surface area contributed by atoms with Gasteiger partial charge in [0.2, 0.25) is 0 Å². The molecule has 5 heteroatoms. The topological polar surface area (TPSA) is 12.0 Å². The predicted octanol–water partition coefficient (Wildman–Crippen LogP) is 6.14. The summed E-state index contributed by atoms with van der Waals surface area (Å²) < 4.78 is 1.19. The average molecular weight is 455 g/mol. The van der Waals surface area contributed by atoms with Gasteiger partial charge in [0.05, 0.1) is 0 Å². The van der Waals surface area contributed by atoms with Crippen LogP contribution in [0.1, 0.15) is 24.1 Å². The highest BCUT2D eigenvalue weighted by Crippen LogP contribution is 2.29. The van der Waals surface area contributed by atoms with Gasteiger partial charge in [-0.15, -0.1) is 0 Å². The van der Waals surface area contributed by atoms with E-state index >= 15 is 0 Å². The minimum absolute atomic E-state index is 0.166. The second-order valence-corrected chi connectivity index (χ2v) is 7.16. The third-order valence-electron chi connectivity index (χ3n) is 3.22. The van der Waals surface area contributed by atoms with Crippen LogP contribution < -0.4 is 5.32 Å². The summed E-state index contributed by atoms with van der Waals surface area (Å²) in [6, 6.07) is 11.8. The van der Waals surface area contributed by atoms with Crippen LogP contribution in [-0.4, -0.2) is 6.54 Å². The minimum Gasteiger partial charge on any atom is -0.310 e. The van der Waals surface area contributed by atoms with E-state index in [9.17, 15) is 0 Å². The first-order chi connectivity index (χ1) is 10.0. The van der Waals surface area contributed by atoms with Crippen molar-refractivity contribution in [2.24, 2.45) is 0 Å². The lowest BCUT2D eigenvalue weighted by atomic mass is 9.98. The number of hydrogen-bond acceptors (Lipinski definition) is 1. The van der Waals surface area contributed by atoms with Crippen LogP contribution >= 0.6 is 57.4 Å². The van der Waals surface area contributed by atoms with Gasteiger partial charge in [0.15, 0.2) is 0 Å². The fourth-order valence-electron chi connectivity index (χ4n) is 2.23. The van der Waals surface area contributed by atoms with Crippen LogP contribution in [0, 0.1) is 3.57 Å². The third-order valence-corrected chi connectivity index (χ3v) is 5.03. The Kier molecular flexibility index (Phi) is 6.63. The Balaban J connectivity index is 2.32. The lowest BCUT2D eigenvalue weighted by Crippen LogP contribution is -2.24. The lowest BCUT2D eigenvalue weighted by Gasteiger charge is -2.21. The second kappa shape index (κ2) is 8.02. The first-order valence-corrected chi connectivity index (χ1v) is 8.84. The van der Waals surface area contributed by atoms with Gasteiger partial charge in [0.1, 0.15) is 0 Å². The van der Waals surface area contributed by atoms with E-state index in [2.05, 4.69) is 34.8 Å². The molecule has 0 aliphatic heterocycles. The molecule has 1 N–H and O–H groups in total. The van der Waals surface area contributed by atoms with Gasteiger partial charge in [-0.3, -0.25) is 0 Å². The van der Waals surface area contributed by atoms with E-state index in [1.807, 2.05) is 30.3 Å². The van der Waals surface area contributed by atoms with Crippen LogP contribution in [-0.2, 0) is 6.42 Å². The number of hydrogen-bond donors (Lipinski definition) is 1. The zero-order valence-corrected chi connectivity index (χ0v) is 15.9. The average Bonchev–Trinajstić information content (AvgIpc) is 2.44. The molecule has 2 aromatic rings. The van der Waals surface area contributed by atoms with E-state index in [0.29, 0.717) is 10.0 Å². The van der Waals surface area contributed by atoms with Crippen LogP contribution in [0.15, 0.2) is 36.4 Å². The summed E-state index contributed by atoms with van der Waals surface area (Å²) >= 11 is 20.7. The third kappa shape index (κ3) is 4.73. The van der Waals surface area contributed by atoms with E-state index in [4.69, 9.17) is 34.8 Å². The molecule has 0 aromatic heterocycles. The molecule has 0 aliphatic rings. The van der Waals surface area contributed by atoms with Crippen molar-refractivity contribution < 1.29 is 0 Å². The summed E-state index contributed by atoms with van der Waals surface area (Å²) in [5, 5.41) is 5.60. The molecule has 0 spiro atoms. The number of benzene rings is 2. The van der Waals surface area contributed by atoms with Gasteiger partial charge < -0.3 is 5.32 Å². The van der Waals surface area contributed by atoms with E-state index in [1.54, 1.807) is 6.07 Å². The van der Waals surface area contributed by atoms with Gasteiger partial charge in [-0.1, -0.05) is 47.8 Å². The highest BCUT2D eigenvalue weighted by molar-refractivity contribution is 14.1. The summed E-state index contributed by atoms with van der Waals surface area (Å²) in [4.78, 5) is 0. The standard InChI is InChI=1S/C16H15Cl3IN/c1-2-21-16(13-8-11(17)5-6-15(13)20)7-10-3-4-12(18)9-14(10)19/h3-6,8-9,16,21H,2,7H2,1H3. The SMILES string of the molecule is CCNC(Cc1ccc(Cl)cc1Cl)c1cc(Cl)ccc1I. The monoisotopic (exact) mass is 453 g/mol. The van der Waals surface area contributed by atoms with Crippen LogP contribution in [0.4, 0.5) is 0 Å². The number of halogens is 4. The van der Waals surface area contributed by atoms with Gasteiger partial charge in [-0.25, -0.2) is 0 Å². The molecule has 2 rings (SSSR count). The van der Waals surface area contributed by atoms with Crippen molar-refractivity contribution in [2.45, 2.75) is 19.4 Å². The van der Waals surface area contributed by atoms with Gasteiger partial charge in [0, 0.05) is 24.7 Å². The van der Waals surface area contributed by atoms with Crippen LogP contribution in [0.5, 0.6) is 0 Å². The largest absolute Gasteiger partial charge is 0.310 e. The van der Waals surface area contributed by atoms with E-state index in [1.165, 1.54) is 9.13 Å². The first-order valence-electron chi connectivity index (χ1n) is 6.63. The molecule has 1 atom stereocenters. The summed E-state index contributed by atoms with van der Waals surface area (Å²) in [6.07, 6.45) is 0.792. The Morgan fingerprint density at radius 1 is 1.05 bits per heavy atom. The highest BCUT2D eigenvalue weighted by atomic mass is 127. The first kappa shape index (κ1) is 17.4. The minimum atomic E-state index is 0.166. The Labute approximate surface area is 154 Å². The molecule has 21 heavy (non-hydrogen) atoms. The van der Waals surface area contributed by atoms with Crippen molar-refractivity contribution in [3.63, 3.8) is 0 Å². The van der Waals surface area contributed by atoms with Crippen molar-refractivity contribution in [3.05, 3.63) is 66.2 Å². The molecule has 0 fully saturated rings. The quantitative estimate of drug-likeness (QED) is 0.535. The number of rotatable bonds is 5. The van der Waals surface area contributed by atoms with Crippen molar-refractivity contribution in [1.82, 2.24) is 5.32 Å². The number of likely N-dealkylation sites (N-methyl/N-ethyl adjacent to an activating group) is 1. The normalized spacial score (nSPS) is 12.4. The Morgan fingerprint density at radius 3 is 2.38 bits per heavy atom. The summed E-state index contributed by atoms with van der Waals surface area (Å²) in [5.74, 6) is 0. The van der Waals surface area contributed by atoms with Crippen molar-refractivity contribution >= 4 is 57.4 Å². The van der Waals surface area contributed by atoms with Gasteiger partial charge in [-0.05, 0) is 77.0 Å². The van der Waals surface area contributed by atoms with E-state index in [-0.39, 0.29) is 6.04 Å². The van der Waals surface area contributed by atoms with Crippen LogP contribution in [0.25, 0.3) is 0 Å². The van der Waals surface area contributed by atoms with E-state index < -0.39 is 0 Å². The zero-order chi connectivity index (χ0) is 15.4. The number of nitrogens with one attached hydrogen (secondary N) is 1. The van der Waals surface area contributed by atoms with E-state index in [0.717, 1.165) is 23.6 Å². The molecule has 1 nitrogen and oxygen atoms in total. The summed E-state index contributed by atoms with van der Waals surface area (Å²) in [7, 11) is 0. The zero-order valence-electron chi connectivity index (χ0n) is 11.5. The van der Waals surface area contributed by atoms with Crippen molar-refractivity contribution in [3.8, 4) is 0 Å². The Hall–Kier alpha value is -0.000000000000000111. The van der Waals surface area contributed by atoms with Gasteiger partial charge >= 0.3 is 0 Å². The van der Waals surface area contributed by atoms with Gasteiger partial charge in [-0.2, -0.15) is 0 Å². The predicted molar refractivity (Wildman–Crippen MR) is 101 cm³/mol. The summed E-state index contributed by atoms with van der Waals surface area (Å²) in [5.41, 5.74) is 2.26. The molecule has 1 unspecified atom stereocenters. The molecule has 0 saturated heterocycles. The van der Waals surface area contributed by atoms with Crippen LogP contribution in [0.3, 0.4) is 0 Å². The molecule has 0 heterocycles. The fraction of sp³-hybridized carbons (Fsp3) is 0.250. The molecule has 0 amide bonds. The highest BCUT2D eigenvalue weighted by Gasteiger charge is 2.16. The maximum Gasteiger partial charge on any atom is 0.0453 e. The maximum atomic E-state index is 6.29. The molecular formula is C16H15Cl3IN. The molecule has 0 bridgehead atoms. The summed E-state index contributed by atoms with van der Waals surface area (Å²) in [6.45, 7) is 2.96. The molecule has 0 radical (unpaired) electrons.